The highest BCUT2D eigenvalue weighted by Gasteiger charge is 2.24. The summed E-state index contributed by atoms with van der Waals surface area (Å²) < 4.78 is 11.6. The lowest BCUT2D eigenvalue weighted by Crippen LogP contribution is -2.17. The summed E-state index contributed by atoms with van der Waals surface area (Å²) in [7, 11) is 1.53. The summed E-state index contributed by atoms with van der Waals surface area (Å²) >= 11 is 0. The molecule has 0 bridgehead atoms. The number of fused-ring (bicyclic) bond motifs is 1. The van der Waals surface area contributed by atoms with E-state index in [1.165, 1.54) is 30.4 Å². The molecule has 1 N–H and O–H groups in total. The van der Waals surface area contributed by atoms with Crippen molar-refractivity contribution in [2.75, 3.05) is 7.11 Å². The number of aromatic carboxylic acids is 1. The Bertz CT molecular complexity index is 1190. The van der Waals surface area contributed by atoms with Gasteiger partial charge in [-0.3, -0.25) is 0 Å². The highest BCUT2D eigenvalue weighted by atomic mass is 16.5. The minimum absolute atomic E-state index is 0.0185. The predicted octanol–water partition coefficient (Wildman–Crippen LogP) is 4.40. The van der Waals surface area contributed by atoms with Gasteiger partial charge in [0.15, 0.2) is 5.75 Å². The number of pyridine rings is 1. The van der Waals surface area contributed by atoms with Crippen molar-refractivity contribution in [3.8, 4) is 17.7 Å². The lowest BCUT2D eigenvalue weighted by atomic mass is 10.0. The highest BCUT2D eigenvalue weighted by molar-refractivity contribution is 5.93. The van der Waals surface area contributed by atoms with Gasteiger partial charge in [0.25, 0.3) is 5.88 Å². The van der Waals surface area contributed by atoms with Gasteiger partial charge < -0.3 is 14.6 Å². The largest absolute Gasteiger partial charge is 0.484 e. The van der Waals surface area contributed by atoms with Gasteiger partial charge in [0.05, 0.1) is 24.3 Å². The van der Waals surface area contributed by atoms with Gasteiger partial charge in [-0.2, -0.15) is 5.26 Å². The monoisotopic (exact) mass is 412 g/mol. The summed E-state index contributed by atoms with van der Waals surface area (Å²) in [6, 6.07) is 18.5. The first-order valence-electron chi connectivity index (χ1n) is 9.80. The van der Waals surface area contributed by atoms with E-state index in [4.69, 9.17) is 9.47 Å². The third-order valence-corrected chi connectivity index (χ3v) is 5.19. The quantitative estimate of drug-likeness (QED) is 0.604. The molecule has 0 aliphatic heterocycles. The van der Waals surface area contributed by atoms with Gasteiger partial charge in [-0.25, -0.2) is 9.78 Å². The van der Waals surface area contributed by atoms with E-state index in [9.17, 15) is 15.2 Å². The van der Waals surface area contributed by atoms with E-state index in [-0.39, 0.29) is 11.7 Å². The molecular formula is C25H20N2O4. The van der Waals surface area contributed by atoms with Crippen LogP contribution in [0.1, 0.15) is 32.6 Å². The number of rotatable bonds is 6. The van der Waals surface area contributed by atoms with Crippen molar-refractivity contribution in [2.24, 2.45) is 0 Å². The molecule has 31 heavy (non-hydrogen) atoms. The third-order valence-electron chi connectivity index (χ3n) is 5.19. The number of nitriles is 1. The number of allylic oxidation sites excluding steroid dienone is 1. The van der Waals surface area contributed by atoms with Crippen LogP contribution in [0.2, 0.25) is 0 Å². The molecule has 6 nitrogen and oxygen atoms in total. The van der Waals surface area contributed by atoms with E-state index in [1.807, 2.05) is 12.1 Å². The molecule has 0 amide bonds. The topological polar surface area (TPSA) is 92.4 Å². The van der Waals surface area contributed by atoms with Gasteiger partial charge in [-0.1, -0.05) is 36.4 Å². The van der Waals surface area contributed by atoms with Crippen LogP contribution < -0.4 is 9.47 Å². The molecule has 2 aromatic carbocycles. The summed E-state index contributed by atoms with van der Waals surface area (Å²) in [6.45, 7) is 0. The summed E-state index contributed by atoms with van der Waals surface area (Å²) in [5.74, 6) is -0.163. The molecule has 1 heterocycles. The van der Waals surface area contributed by atoms with Crippen LogP contribution in [0.25, 0.3) is 11.6 Å². The van der Waals surface area contributed by atoms with E-state index in [0.29, 0.717) is 28.3 Å². The molecule has 1 aliphatic rings. The van der Waals surface area contributed by atoms with Crippen LogP contribution in [0.4, 0.5) is 0 Å². The van der Waals surface area contributed by atoms with Crippen LogP contribution >= 0.6 is 0 Å². The first-order chi connectivity index (χ1) is 15.1. The van der Waals surface area contributed by atoms with Crippen LogP contribution in [0, 0.1) is 11.3 Å². The average Bonchev–Trinajstić information content (AvgIpc) is 3.20. The van der Waals surface area contributed by atoms with Crippen molar-refractivity contribution >= 4 is 17.6 Å². The Morgan fingerprint density at radius 2 is 1.84 bits per heavy atom. The van der Waals surface area contributed by atoms with E-state index in [2.05, 4.69) is 23.2 Å². The number of aromatic nitrogens is 1. The third kappa shape index (κ3) is 4.41. The molecule has 0 unspecified atom stereocenters. The van der Waals surface area contributed by atoms with Crippen LogP contribution in [-0.4, -0.2) is 29.3 Å². The van der Waals surface area contributed by atoms with Crippen molar-refractivity contribution in [1.29, 1.82) is 5.26 Å². The molecule has 3 aromatic rings. The standard InChI is InChI=1S/C25H20N2O4/c1-30-24-23(31-22-12-18-5-2-3-6-19(18)13-22)10-16(15-27-24)9-21(14-26)17-7-4-8-20(11-17)25(28)29/h2-11,15,22H,12-13H2,1H3,(H,28,29)/b21-9+. The van der Waals surface area contributed by atoms with Gasteiger partial charge >= 0.3 is 5.97 Å². The number of carbonyl (C=O) groups is 1. The second-order valence-corrected chi connectivity index (χ2v) is 7.25. The predicted molar refractivity (Wildman–Crippen MR) is 116 cm³/mol. The Kier molecular flexibility index (Phi) is 5.67. The number of nitrogens with zero attached hydrogens (tertiary/aromatic N) is 2. The zero-order chi connectivity index (χ0) is 21.8. The first-order valence-corrected chi connectivity index (χ1v) is 9.80. The van der Waals surface area contributed by atoms with Crippen molar-refractivity contribution in [2.45, 2.75) is 18.9 Å². The minimum atomic E-state index is -1.04. The number of carboxylic acids is 1. The molecule has 1 aliphatic carbocycles. The van der Waals surface area contributed by atoms with Gasteiger partial charge in [-0.05, 0) is 46.5 Å². The second kappa shape index (κ2) is 8.72. The summed E-state index contributed by atoms with van der Waals surface area (Å²) in [6.07, 6.45) is 4.85. The van der Waals surface area contributed by atoms with Crippen LogP contribution in [0.15, 0.2) is 60.8 Å². The fourth-order valence-electron chi connectivity index (χ4n) is 3.71. The Labute approximate surface area is 180 Å². The summed E-state index contributed by atoms with van der Waals surface area (Å²) in [5.41, 5.74) is 4.18. The van der Waals surface area contributed by atoms with Crippen molar-refractivity contribution in [1.82, 2.24) is 4.98 Å². The van der Waals surface area contributed by atoms with Crippen molar-refractivity contribution in [3.05, 3.63) is 88.6 Å². The molecule has 6 heteroatoms. The van der Waals surface area contributed by atoms with Crippen molar-refractivity contribution in [3.63, 3.8) is 0 Å². The van der Waals surface area contributed by atoms with E-state index >= 15 is 0 Å². The maximum absolute atomic E-state index is 11.2. The number of benzene rings is 2. The maximum atomic E-state index is 11.2. The molecule has 0 fully saturated rings. The fraction of sp³-hybridized carbons (Fsp3) is 0.160. The SMILES string of the molecule is COc1ncc(/C=C(\C#N)c2cccc(C(=O)O)c2)cc1OC1Cc2ccccc2C1. The molecule has 154 valence electrons. The van der Waals surface area contributed by atoms with Gasteiger partial charge in [0, 0.05) is 19.0 Å². The number of hydrogen-bond donors (Lipinski definition) is 1. The fourth-order valence-corrected chi connectivity index (χ4v) is 3.71. The molecule has 0 radical (unpaired) electrons. The molecule has 0 saturated carbocycles. The van der Waals surface area contributed by atoms with Gasteiger partial charge in [-0.15, -0.1) is 0 Å². The Morgan fingerprint density at radius 1 is 1.13 bits per heavy atom. The van der Waals surface area contributed by atoms with Crippen LogP contribution in [0.5, 0.6) is 11.6 Å². The molecule has 0 spiro atoms. The Hall–Kier alpha value is -4.11. The minimum Gasteiger partial charge on any atom is -0.484 e. The molecule has 0 atom stereocenters. The van der Waals surface area contributed by atoms with Gasteiger partial charge in [0.2, 0.25) is 0 Å². The lowest BCUT2D eigenvalue weighted by molar-refractivity contribution is 0.0697. The van der Waals surface area contributed by atoms with Gasteiger partial charge in [0.1, 0.15) is 6.10 Å². The zero-order valence-electron chi connectivity index (χ0n) is 16.9. The number of carboxylic acid groups (broad SMARTS) is 1. The van der Waals surface area contributed by atoms with Crippen LogP contribution in [-0.2, 0) is 12.8 Å². The summed E-state index contributed by atoms with van der Waals surface area (Å²) in [5, 5.41) is 18.8. The first kappa shape index (κ1) is 20.2. The number of hydrogen-bond acceptors (Lipinski definition) is 5. The molecule has 0 saturated heterocycles. The zero-order valence-corrected chi connectivity index (χ0v) is 16.9. The summed E-state index contributed by atoms with van der Waals surface area (Å²) in [4.78, 5) is 15.6. The molecule has 1 aromatic heterocycles. The highest BCUT2D eigenvalue weighted by Crippen LogP contribution is 2.32. The Morgan fingerprint density at radius 3 is 2.48 bits per heavy atom. The van der Waals surface area contributed by atoms with E-state index in [0.717, 1.165) is 12.8 Å². The number of ether oxygens (including phenoxy) is 2. The smallest absolute Gasteiger partial charge is 0.335 e. The van der Waals surface area contributed by atoms with E-state index in [1.54, 1.807) is 30.5 Å². The maximum Gasteiger partial charge on any atom is 0.335 e. The second-order valence-electron chi connectivity index (χ2n) is 7.25. The average molecular weight is 412 g/mol. The van der Waals surface area contributed by atoms with Crippen LogP contribution in [0.3, 0.4) is 0 Å². The molecule has 4 rings (SSSR count). The van der Waals surface area contributed by atoms with Crippen molar-refractivity contribution < 1.29 is 19.4 Å². The molecular weight excluding hydrogens is 392 g/mol. The number of methoxy groups -OCH3 is 1. The lowest BCUT2D eigenvalue weighted by Gasteiger charge is -2.15. The normalized spacial score (nSPS) is 13.4. The Balaban J connectivity index is 1.62. The van der Waals surface area contributed by atoms with E-state index < -0.39 is 5.97 Å².